The lowest BCUT2D eigenvalue weighted by Crippen LogP contribution is -2.40. The molecule has 1 aliphatic heterocycles. The summed E-state index contributed by atoms with van der Waals surface area (Å²) in [5.74, 6) is 0.972. The fourth-order valence-corrected chi connectivity index (χ4v) is 4.76. The normalized spacial score (nSPS) is 16.1. The van der Waals surface area contributed by atoms with Gasteiger partial charge in [0.15, 0.2) is 5.82 Å². The van der Waals surface area contributed by atoms with Crippen LogP contribution >= 0.6 is 11.3 Å². The number of piperidine rings is 1. The van der Waals surface area contributed by atoms with E-state index in [0.717, 1.165) is 47.5 Å². The molecule has 5 rings (SSSR count). The summed E-state index contributed by atoms with van der Waals surface area (Å²) < 4.78 is 0. The molecular weight excluding hydrogens is 418 g/mol. The number of carbonyl (C=O) groups excluding carboxylic acids is 1. The van der Waals surface area contributed by atoms with Crippen LogP contribution in [0.25, 0.3) is 22.5 Å². The maximum absolute atomic E-state index is 12.9. The number of nitrogens with zero attached hydrogens (tertiary/aromatic N) is 5. The lowest BCUT2D eigenvalue weighted by molar-refractivity contribution is -0.131. The van der Waals surface area contributed by atoms with Crippen molar-refractivity contribution in [2.75, 3.05) is 13.1 Å². The summed E-state index contributed by atoms with van der Waals surface area (Å²) in [6, 6.07) is 14.1. The standard InChI is InChI=1S/C25H23N5OS/c31-23(13-21-16-32-17-28-21)30-12-4-7-20(15-30)24-22(18-5-2-1-3-6-18)14-27-25(29-24)19-8-10-26-11-9-19/h1-3,5-6,8-11,14,16-17,20H,4,7,12-13,15H2/t20-/m0/s1. The molecule has 1 fully saturated rings. The van der Waals surface area contributed by atoms with E-state index in [-0.39, 0.29) is 11.8 Å². The summed E-state index contributed by atoms with van der Waals surface area (Å²) in [5, 5.41) is 1.94. The maximum Gasteiger partial charge on any atom is 0.228 e. The van der Waals surface area contributed by atoms with Gasteiger partial charge in [-0.25, -0.2) is 15.0 Å². The van der Waals surface area contributed by atoms with Gasteiger partial charge < -0.3 is 4.90 Å². The zero-order valence-electron chi connectivity index (χ0n) is 17.6. The predicted octanol–water partition coefficient (Wildman–Crippen LogP) is 4.61. The second kappa shape index (κ2) is 9.36. The molecule has 6 nitrogen and oxygen atoms in total. The Labute approximate surface area is 191 Å². The van der Waals surface area contributed by atoms with E-state index in [1.165, 1.54) is 11.3 Å². The molecule has 1 saturated heterocycles. The number of carbonyl (C=O) groups is 1. The molecule has 32 heavy (non-hydrogen) atoms. The molecule has 1 aliphatic rings. The highest BCUT2D eigenvalue weighted by molar-refractivity contribution is 7.07. The fraction of sp³-hybridized carbons (Fsp3) is 0.240. The van der Waals surface area contributed by atoms with Crippen LogP contribution in [0.1, 0.15) is 30.1 Å². The molecule has 0 aliphatic carbocycles. The number of hydrogen-bond acceptors (Lipinski definition) is 6. The van der Waals surface area contributed by atoms with Crippen LogP contribution in [0.2, 0.25) is 0 Å². The van der Waals surface area contributed by atoms with E-state index < -0.39 is 0 Å². The van der Waals surface area contributed by atoms with Crippen LogP contribution in [-0.2, 0) is 11.2 Å². The van der Waals surface area contributed by atoms with Crippen molar-refractivity contribution in [1.29, 1.82) is 0 Å². The molecule has 1 amide bonds. The molecule has 0 N–H and O–H groups in total. The molecular formula is C25H23N5OS. The fourth-order valence-electron chi connectivity index (χ4n) is 4.20. The van der Waals surface area contributed by atoms with E-state index in [2.05, 4.69) is 27.1 Å². The van der Waals surface area contributed by atoms with Crippen LogP contribution in [-0.4, -0.2) is 43.8 Å². The topological polar surface area (TPSA) is 71.9 Å². The highest BCUT2D eigenvalue weighted by atomic mass is 32.1. The maximum atomic E-state index is 12.9. The Bertz CT molecular complexity index is 1180. The SMILES string of the molecule is O=C(Cc1cscn1)N1CCC[C@H](c2nc(-c3ccncc3)ncc2-c2ccccc2)C1. The molecule has 1 atom stereocenters. The van der Waals surface area contributed by atoms with Crippen molar-refractivity contribution >= 4 is 17.2 Å². The van der Waals surface area contributed by atoms with Crippen LogP contribution in [0.5, 0.6) is 0 Å². The van der Waals surface area contributed by atoms with Gasteiger partial charge in [0.2, 0.25) is 5.91 Å². The van der Waals surface area contributed by atoms with Crippen LogP contribution in [0, 0.1) is 0 Å². The quantitative estimate of drug-likeness (QED) is 0.452. The first kappa shape index (κ1) is 20.5. The largest absolute Gasteiger partial charge is 0.342 e. The van der Waals surface area contributed by atoms with Gasteiger partial charge in [-0.05, 0) is 30.5 Å². The Morgan fingerprint density at radius 1 is 1.06 bits per heavy atom. The second-order valence-electron chi connectivity index (χ2n) is 7.93. The van der Waals surface area contributed by atoms with Crippen LogP contribution in [0.3, 0.4) is 0 Å². The minimum Gasteiger partial charge on any atom is -0.342 e. The van der Waals surface area contributed by atoms with E-state index in [1.807, 2.05) is 46.8 Å². The van der Waals surface area contributed by atoms with Gasteiger partial charge in [-0.15, -0.1) is 11.3 Å². The van der Waals surface area contributed by atoms with Crippen LogP contribution < -0.4 is 0 Å². The first-order valence-corrected chi connectivity index (χ1v) is 11.7. The minimum atomic E-state index is 0.130. The van der Waals surface area contributed by atoms with Crippen molar-refractivity contribution in [3.63, 3.8) is 0 Å². The van der Waals surface area contributed by atoms with Gasteiger partial charge in [0, 0.05) is 54.1 Å². The number of thiazole rings is 1. The Hall–Kier alpha value is -3.45. The van der Waals surface area contributed by atoms with Crippen molar-refractivity contribution in [2.24, 2.45) is 0 Å². The van der Waals surface area contributed by atoms with E-state index in [9.17, 15) is 4.79 Å². The number of rotatable bonds is 5. The van der Waals surface area contributed by atoms with Crippen molar-refractivity contribution in [1.82, 2.24) is 24.8 Å². The lowest BCUT2D eigenvalue weighted by Gasteiger charge is -2.33. The molecule has 0 saturated carbocycles. The molecule has 4 aromatic rings. The van der Waals surface area contributed by atoms with Crippen molar-refractivity contribution in [3.8, 4) is 22.5 Å². The minimum absolute atomic E-state index is 0.130. The Morgan fingerprint density at radius 2 is 1.91 bits per heavy atom. The van der Waals surface area contributed by atoms with Gasteiger partial charge in [-0.3, -0.25) is 9.78 Å². The van der Waals surface area contributed by atoms with Crippen LogP contribution in [0.4, 0.5) is 0 Å². The number of benzene rings is 1. The van der Waals surface area contributed by atoms with Gasteiger partial charge in [-0.1, -0.05) is 30.3 Å². The van der Waals surface area contributed by atoms with Gasteiger partial charge >= 0.3 is 0 Å². The summed E-state index contributed by atoms with van der Waals surface area (Å²) in [4.78, 5) is 33.0. The zero-order chi connectivity index (χ0) is 21.8. The summed E-state index contributed by atoms with van der Waals surface area (Å²) >= 11 is 1.52. The average Bonchev–Trinajstić information content (AvgIpc) is 3.38. The first-order chi connectivity index (χ1) is 15.8. The molecule has 3 aromatic heterocycles. The van der Waals surface area contributed by atoms with Gasteiger partial charge in [-0.2, -0.15) is 0 Å². The van der Waals surface area contributed by atoms with Crippen LogP contribution in [0.15, 0.2) is 71.9 Å². The molecule has 1 aromatic carbocycles. The van der Waals surface area contributed by atoms with E-state index in [4.69, 9.17) is 4.98 Å². The smallest absolute Gasteiger partial charge is 0.228 e. The number of hydrogen-bond donors (Lipinski definition) is 0. The second-order valence-corrected chi connectivity index (χ2v) is 8.65. The van der Waals surface area contributed by atoms with Gasteiger partial charge in [0.1, 0.15) is 0 Å². The van der Waals surface area contributed by atoms with E-state index >= 15 is 0 Å². The predicted molar refractivity (Wildman–Crippen MR) is 125 cm³/mol. The Kier molecular flexibility index (Phi) is 5.98. The van der Waals surface area contributed by atoms with Gasteiger partial charge in [0.25, 0.3) is 0 Å². The molecule has 0 spiro atoms. The summed E-state index contributed by atoms with van der Waals surface area (Å²) in [7, 11) is 0. The van der Waals surface area contributed by atoms with E-state index in [1.54, 1.807) is 17.9 Å². The highest BCUT2D eigenvalue weighted by Crippen LogP contribution is 2.34. The number of pyridine rings is 1. The van der Waals surface area contributed by atoms with E-state index in [0.29, 0.717) is 18.8 Å². The third-order valence-electron chi connectivity index (χ3n) is 5.82. The van der Waals surface area contributed by atoms with Crippen molar-refractivity contribution in [2.45, 2.75) is 25.2 Å². The highest BCUT2D eigenvalue weighted by Gasteiger charge is 2.28. The Balaban J connectivity index is 1.48. The molecule has 160 valence electrons. The first-order valence-electron chi connectivity index (χ1n) is 10.8. The monoisotopic (exact) mass is 441 g/mol. The number of likely N-dealkylation sites (tertiary alicyclic amines) is 1. The van der Waals surface area contributed by atoms with Crippen molar-refractivity contribution in [3.05, 3.63) is 83.3 Å². The van der Waals surface area contributed by atoms with Gasteiger partial charge in [0.05, 0.1) is 23.3 Å². The number of amides is 1. The summed E-state index contributed by atoms with van der Waals surface area (Å²) in [5.41, 5.74) is 6.68. The van der Waals surface area contributed by atoms with Crippen molar-refractivity contribution < 1.29 is 4.79 Å². The average molecular weight is 442 g/mol. The zero-order valence-corrected chi connectivity index (χ0v) is 18.4. The molecule has 0 bridgehead atoms. The lowest BCUT2D eigenvalue weighted by atomic mass is 9.89. The Morgan fingerprint density at radius 3 is 2.69 bits per heavy atom. The number of aromatic nitrogens is 4. The molecule has 7 heteroatoms. The third kappa shape index (κ3) is 4.43. The molecule has 0 unspecified atom stereocenters. The molecule has 0 radical (unpaired) electrons. The summed E-state index contributed by atoms with van der Waals surface area (Å²) in [6.45, 7) is 1.44. The third-order valence-corrected chi connectivity index (χ3v) is 6.45. The summed E-state index contributed by atoms with van der Waals surface area (Å²) in [6.07, 6.45) is 7.73. The molecule has 4 heterocycles.